The number of rotatable bonds is 9. The molecule has 0 N–H and O–H groups in total. The summed E-state index contributed by atoms with van der Waals surface area (Å²) in [6.07, 6.45) is 1.27. The Bertz CT molecular complexity index is 1010. The maximum atomic E-state index is 13.4. The Balaban J connectivity index is 1.90. The highest BCUT2D eigenvalue weighted by atomic mass is 32.1. The van der Waals surface area contributed by atoms with Crippen molar-refractivity contribution in [3.8, 4) is 5.75 Å². The second-order valence-corrected chi connectivity index (χ2v) is 8.85. The number of anilines is 1. The summed E-state index contributed by atoms with van der Waals surface area (Å²) in [7, 11) is 4.10. The van der Waals surface area contributed by atoms with Gasteiger partial charge in [-0.1, -0.05) is 41.2 Å². The van der Waals surface area contributed by atoms with E-state index >= 15 is 0 Å². The second kappa shape index (κ2) is 10.0. The highest BCUT2D eigenvalue weighted by Gasteiger charge is 2.21. The molecule has 1 aromatic heterocycles. The summed E-state index contributed by atoms with van der Waals surface area (Å²) in [5.41, 5.74) is 4.26. The Morgan fingerprint density at radius 3 is 2.63 bits per heavy atom. The first kappa shape index (κ1) is 22.2. The van der Waals surface area contributed by atoms with Crippen LogP contribution in [0.3, 0.4) is 0 Å². The van der Waals surface area contributed by atoms with Crippen LogP contribution in [0.2, 0.25) is 0 Å². The van der Waals surface area contributed by atoms with E-state index in [1.54, 1.807) is 11.3 Å². The summed E-state index contributed by atoms with van der Waals surface area (Å²) in [6.45, 7) is 8.26. The fraction of sp³-hybridized carbons (Fsp3) is 0.417. The molecule has 0 radical (unpaired) electrons. The Kier molecular flexibility index (Phi) is 7.45. The molecular weight excluding hydrogens is 394 g/mol. The van der Waals surface area contributed by atoms with Gasteiger partial charge in [-0.2, -0.15) is 0 Å². The Morgan fingerprint density at radius 2 is 1.93 bits per heavy atom. The summed E-state index contributed by atoms with van der Waals surface area (Å²) in [5, 5.41) is 0.741. The number of nitrogens with zero attached hydrogens (tertiary/aromatic N) is 3. The summed E-state index contributed by atoms with van der Waals surface area (Å²) in [4.78, 5) is 22.2. The number of ether oxygens (including phenoxy) is 1. The highest BCUT2D eigenvalue weighted by molar-refractivity contribution is 7.22. The van der Waals surface area contributed by atoms with Gasteiger partial charge in [-0.05, 0) is 71.1 Å². The van der Waals surface area contributed by atoms with Crippen LogP contribution in [0.15, 0.2) is 36.4 Å². The van der Waals surface area contributed by atoms with Crippen LogP contribution in [-0.4, -0.2) is 49.6 Å². The molecule has 30 heavy (non-hydrogen) atoms. The molecule has 1 heterocycles. The summed E-state index contributed by atoms with van der Waals surface area (Å²) in [6, 6.07) is 12.2. The number of hydrogen-bond acceptors (Lipinski definition) is 5. The van der Waals surface area contributed by atoms with Gasteiger partial charge in [0.1, 0.15) is 11.3 Å². The first-order valence-electron chi connectivity index (χ1n) is 10.4. The number of hydrogen-bond donors (Lipinski definition) is 0. The number of fused-ring (bicyclic) bond motifs is 1. The molecule has 5 nitrogen and oxygen atoms in total. The van der Waals surface area contributed by atoms with Crippen molar-refractivity contribution in [3.63, 3.8) is 0 Å². The van der Waals surface area contributed by atoms with Gasteiger partial charge < -0.3 is 9.64 Å². The van der Waals surface area contributed by atoms with Crippen LogP contribution in [0, 0.1) is 13.8 Å². The minimum atomic E-state index is 0.0812. The predicted molar refractivity (Wildman–Crippen MR) is 126 cm³/mol. The SMILES string of the molecule is CCOc1cccc2sc(N(CCCN(C)C)C(=O)Cc3ccc(C)cc3C)nc12. The molecule has 3 aromatic rings. The van der Waals surface area contributed by atoms with Crippen LogP contribution in [0.25, 0.3) is 10.2 Å². The standard InChI is InChI=1S/C24H31N3O2S/c1-6-29-20-9-7-10-21-23(20)25-24(30-21)27(14-8-13-26(4)5)22(28)16-19-12-11-17(2)15-18(19)3/h7,9-12,15H,6,8,13-14,16H2,1-5H3. The molecule has 160 valence electrons. The number of carbonyl (C=O) groups excluding carboxylic acids is 1. The van der Waals surface area contributed by atoms with E-state index in [0.29, 0.717) is 19.6 Å². The van der Waals surface area contributed by atoms with Crippen molar-refractivity contribution in [3.05, 3.63) is 53.1 Å². The Morgan fingerprint density at radius 1 is 1.13 bits per heavy atom. The first-order chi connectivity index (χ1) is 14.4. The molecule has 0 bridgehead atoms. The number of carbonyl (C=O) groups is 1. The largest absolute Gasteiger partial charge is 0.492 e. The number of amides is 1. The average molecular weight is 426 g/mol. The number of thiazole rings is 1. The molecule has 0 atom stereocenters. The van der Waals surface area contributed by atoms with Crippen LogP contribution in [-0.2, 0) is 11.2 Å². The zero-order valence-electron chi connectivity index (χ0n) is 18.6. The Labute approximate surface area is 183 Å². The van der Waals surface area contributed by atoms with Crippen LogP contribution in [0.1, 0.15) is 30.0 Å². The van der Waals surface area contributed by atoms with E-state index in [-0.39, 0.29) is 5.91 Å². The molecule has 0 aliphatic rings. The van der Waals surface area contributed by atoms with E-state index in [2.05, 4.69) is 36.9 Å². The predicted octanol–water partition coefficient (Wildman–Crippen LogP) is 4.84. The monoisotopic (exact) mass is 425 g/mol. The maximum Gasteiger partial charge on any atom is 0.233 e. The van der Waals surface area contributed by atoms with Gasteiger partial charge in [0.2, 0.25) is 5.91 Å². The normalized spacial score (nSPS) is 11.3. The molecule has 0 saturated carbocycles. The van der Waals surface area contributed by atoms with Crippen molar-refractivity contribution in [1.29, 1.82) is 0 Å². The molecule has 0 aliphatic carbocycles. The van der Waals surface area contributed by atoms with Gasteiger partial charge in [-0.15, -0.1) is 0 Å². The molecule has 0 fully saturated rings. The van der Waals surface area contributed by atoms with Gasteiger partial charge in [0.05, 0.1) is 17.7 Å². The smallest absolute Gasteiger partial charge is 0.233 e. The molecule has 0 saturated heterocycles. The third kappa shape index (κ3) is 5.37. The zero-order chi connectivity index (χ0) is 21.7. The zero-order valence-corrected chi connectivity index (χ0v) is 19.4. The molecule has 0 aliphatic heterocycles. The van der Waals surface area contributed by atoms with Crippen molar-refractivity contribution in [1.82, 2.24) is 9.88 Å². The molecular formula is C24H31N3O2S. The van der Waals surface area contributed by atoms with E-state index in [0.717, 1.165) is 45.2 Å². The van der Waals surface area contributed by atoms with Gasteiger partial charge in [-0.25, -0.2) is 4.98 Å². The van der Waals surface area contributed by atoms with E-state index in [1.165, 1.54) is 5.56 Å². The fourth-order valence-electron chi connectivity index (χ4n) is 3.47. The summed E-state index contributed by atoms with van der Waals surface area (Å²) >= 11 is 1.55. The summed E-state index contributed by atoms with van der Waals surface area (Å²) < 4.78 is 6.78. The fourth-order valence-corrected chi connectivity index (χ4v) is 4.50. The highest BCUT2D eigenvalue weighted by Crippen LogP contribution is 2.34. The Hall–Kier alpha value is -2.44. The number of benzene rings is 2. The van der Waals surface area contributed by atoms with Gasteiger partial charge in [0, 0.05) is 6.54 Å². The average Bonchev–Trinajstić information content (AvgIpc) is 3.12. The van der Waals surface area contributed by atoms with Gasteiger partial charge in [0.25, 0.3) is 0 Å². The lowest BCUT2D eigenvalue weighted by atomic mass is 10.0. The lowest BCUT2D eigenvalue weighted by Gasteiger charge is -2.21. The van der Waals surface area contributed by atoms with Crippen molar-refractivity contribution >= 4 is 32.6 Å². The lowest BCUT2D eigenvalue weighted by Crippen LogP contribution is -2.34. The third-order valence-corrected chi connectivity index (χ3v) is 6.07. The quantitative estimate of drug-likeness (QED) is 0.492. The van der Waals surface area contributed by atoms with E-state index in [9.17, 15) is 4.79 Å². The van der Waals surface area contributed by atoms with Crippen molar-refractivity contribution in [2.24, 2.45) is 0 Å². The molecule has 0 spiro atoms. The first-order valence-corrected chi connectivity index (χ1v) is 11.2. The topological polar surface area (TPSA) is 45.7 Å². The van der Waals surface area contributed by atoms with Gasteiger partial charge in [-0.3, -0.25) is 9.69 Å². The molecule has 6 heteroatoms. The maximum absolute atomic E-state index is 13.4. The molecule has 2 aromatic carbocycles. The lowest BCUT2D eigenvalue weighted by molar-refractivity contribution is -0.118. The van der Waals surface area contributed by atoms with Crippen LogP contribution in [0.5, 0.6) is 5.75 Å². The second-order valence-electron chi connectivity index (χ2n) is 7.84. The van der Waals surface area contributed by atoms with E-state index in [4.69, 9.17) is 9.72 Å². The summed E-state index contributed by atoms with van der Waals surface area (Å²) in [5.74, 6) is 0.852. The van der Waals surface area contributed by atoms with Gasteiger partial charge >= 0.3 is 0 Å². The molecule has 1 amide bonds. The van der Waals surface area contributed by atoms with E-state index < -0.39 is 0 Å². The van der Waals surface area contributed by atoms with Crippen LogP contribution >= 0.6 is 11.3 Å². The van der Waals surface area contributed by atoms with Crippen molar-refractivity contribution in [2.75, 3.05) is 38.7 Å². The molecule has 0 unspecified atom stereocenters. The number of aromatic nitrogens is 1. The van der Waals surface area contributed by atoms with Crippen molar-refractivity contribution in [2.45, 2.75) is 33.6 Å². The van der Waals surface area contributed by atoms with Crippen LogP contribution in [0.4, 0.5) is 5.13 Å². The molecule has 3 rings (SSSR count). The minimum Gasteiger partial charge on any atom is -0.492 e. The minimum absolute atomic E-state index is 0.0812. The van der Waals surface area contributed by atoms with E-state index in [1.807, 2.05) is 44.1 Å². The number of aryl methyl sites for hydroxylation is 2. The van der Waals surface area contributed by atoms with Gasteiger partial charge in [0.15, 0.2) is 5.13 Å². The number of para-hydroxylation sites is 1. The van der Waals surface area contributed by atoms with Crippen LogP contribution < -0.4 is 9.64 Å². The van der Waals surface area contributed by atoms with Crippen molar-refractivity contribution < 1.29 is 9.53 Å². The third-order valence-electron chi connectivity index (χ3n) is 5.03.